The van der Waals surface area contributed by atoms with E-state index in [0.717, 1.165) is 19.4 Å². The van der Waals surface area contributed by atoms with E-state index in [1.165, 1.54) is 10.9 Å². The monoisotopic (exact) mass is 253 g/mol. The van der Waals surface area contributed by atoms with Crippen molar-refractivity contribution >= 4 is 11.9 Å². The van der Waals surface area contributed by atoms with Crippen LogP contribution in [-0.2, 0) is 11.3 Å². The van der Waals surface area contributed by atoms with Gasteiger partial charge in [0.15, 0.2) is 5.69 Å². The lowest BCUT2D eigenvalue weighted by Gasteiger charge is -2.21. The lowest BCUT2D eigenvalue weighted by molar-refractivity contribution is -0.122. The summed E-state index contributed by atoms with van der Waals surface area (Å²) in [5.74, 6) is -1.41. The van der Waals surface area contributed by atoms with Gasteiger partial charge >= 0.3 is 5.97 Å². The van der Waals surface area contributed by atoms with E-state index in [-0.39, 0.29) is 17.6 Å². The van der Waals surface area contributed by atoms with Crippen molar-refractivity contribution in [3.8, 4) is 0 Å². The van der Waals surface area contributed by atoms with E-state index in [4.69, 9.17) is 10.8 Å². The number of rotatable bonds is 5. The van der Waals surface area contributed by atoms with Crippen LogP contribution in [0.4, 0.5) is 0 Å². The highest BCUT2D eigenvalue weighted by atomic mass is 16.4. The first-order valence-corrected chi connectivity index (χ1v) is 5.74. The quantitative estimate of drug-likeness (QED) is 0.690. The standard InChI is InChI=1S/C10H15N5O3/c11-9(16)8-2-1-3-14(8)4-5-15-6-7(10(17)18)12-13-15/h6,8H,1-5H2,(H2,11,16)(H,17,18). The van der Waals surface area contributed by atoms with E-state index < -0.39 is 5.97 Å². The normalized spacial score (nSPS) is 20.1. The minimum Gasteiger partial charge on any atom is -0.476 e. The highest BCUT2D eigenvalue weighted by Crippen LogP contribution is 2.16. The molecule has 1 amide bonds. The van der Waals surface area contributed by atoms with E-state index in [9.17, 15) is 9.59 Å². The molecule has 1 unspecified atom stereocenters. The Morgan fingerprint density at radius 1 is 1.50 bits per heavy atom. The first-order valence-electron chi connectivity index (χ1n) is 5.74. The number of aromatic carboxylic acids is 1. The number of carbonyl (C=O) groups is 2. The van der Waals surface area contributed by atoms with Gasteiger partial charge in [-0.2, -0.15) is 0 Å². The highest BCUT2D eigenvalue weighted by Gasteiger charge is 2.28. The van der Waals surface area contributed by atoms with E-state index in [1.807, 2.05) is 4.90 Å². The number of hydrogen-bond acceptors (Lipinski definition) is 5. The molecule has 8 nitrogen and oxygen atoms in total. The molecule has 1 fully saturated rings. The average Bonchev–Trinajstić information content (AvgIpc) is 2.95. The minimum absolute atomic E-state index is 0.0807. The molecule has 0 aromatic carbocycles. The van der Waals surface area contributed by atoms with Crippen LogP contribution in [0.1, 0.15) is 23.3 Å². The van der Waals surface area contributed by atoms with E-state index in [0.29, 0.717) is 13.1 Å². The molecular weight excluding hydrogens is 238 g/mol. The topological polar surface area (TPSA) is 114 Å². The summed E-state index contributed by atoms with van der Waals surface area (Å²) in [6.07, 6.45) is 3.11. The van der Waals surface area contributed by atoms with Crippen molar-refractivity contribution in [3.63, 3.8) is 0 Å². The van der Waals surface area contributed by atoms with Crippen LogP contribution in [0.5, 0.6) is 0 Å². The van der Waals surface area contributed by atoms with Gasteiger partial charge in [-0.05, 0) is 19.4 Å². The molecule has 2 heterocycles. The summed E-state index contributed by atoms with van der Waals surface area (Å²) in [4.78, 5) is 23.8. The minimum atomic E-state index is -1.10. The Labute approximate surface area is 103 Å². The van der Waals surface area contributed by atoms with Crippen LogP contribution in [0.25, 0.3) is 0 Å². The van der Waals surface area contributed by atoms with Crippen LogP contribution in [0.3, 0.4) is 0 Å². The van der Waals surface area contributed by atoms with Gasteiger partial charge in [0.2, 0.25) is 5.91 Å². The number of carboxylic acid groups (broad SMARTS) is 1. The highest BCUT2D eigenvalue weighted by molar-refractivity contribution is 5.84. The summed E-state index contributed by atoms with van der Waals surface area (Å²) in [5.41, 5.74) is 5.23. The van der Waals surface area contributed by atoms with Crippen molar-refractivity contribution in [1.82, 2.24) is 19.9 Å². The Bertz CT molecular complexity index is 458. The third-order valence-electron chi connectivity index (χ3n) is 3.07. The molecule has 2 rings (SSSR count). The Morgan fingerprint density at radius 3 is 2.89 bits per heavy atom. The molecule has 1 aliphatic heterocycles. The molecule has 3 N–H and O–H groups in total. The molecule has 0 bridgehead atoms. The number of primary amides is 1. The van der Waals surface area contributed by atoms with Crippen LogP contribution in [-0.4, -0.2) is 56.0 Å². The maximum atomic E-state index is 11.2. The fraction of sp³-hybridized carbons (Fsp3) is 0.600. The maximum absolute atomic E-state index is 11.2. The molecule has 8 heteroatoms. The molecule has 0 radical (unpaired) electrons. The van der Waals surface area contributed by atoms with Gasteiger partial charge in [-0.25, -0.2) is 4.79 Å². The second kappa shape index (κ2) is 5.13. The van der Waals surface area contributed by atoms with Crippen LogP contribution >= 0.6 is 0 Å². The maximum Gasteiger partial charge on any atom is 0.358 e. The summed E-state index contributed by atoms with van der Waals surface area (Å²) >= 11 is 0. The summed E-state index contributed by atoms with van der Waals surface area (Å²) in [6, 6.07) is -0.215. The predicted octanol–water partition coefficient (Wildman–Crippen LogP) is -1.07. The second-order valence-corrected chi connectivity index (χ2v) is 4.27. The zero-order valence-corrected chi connectivity index (χ0v) is 9.82. The zero-order valence-electron chi connectivity index (χ0n) is 9.82. The molecule has 1 atom stereocenters. The lowest BCUT2D eigenvalue weighted by atomic mass is 10.2. The molecule has 1 aliphatic rings. The fourth-order valence-electron chi connectivity index (χ4n) is 2.15. The van der Waals surface area contributed by atoms with E-state index in [2.05, 4.69) is 10.3 Å². The van der Waals surface area contributed by atoms with Gasteiger partial charge < -0.3 is 10.8 Å². The number of carbonyl (C=O) groups excluding carboxylic acids is 1. The number of aromatic nitrogens is 3. The summed E-state index contributed by atoms with van der Waals surface area (Å²) < 4.78 is 1.46. The average molecular weight is 253 g/mol. The Kier molecular flexibility index (Phi) is 3.56. The van der Waals surface area contributed by atoms with Crippen LogP contribution in [0.2, 0.25) is 0 Å². The first kappa shape index (κ1) is 12.5. The molecule has 98 valence electrons. The van der Waals surface area contributed by atoms with Crippen molar-refractivity contribution in [2.75, 3.05) is 13.1 Å². The Hall–Kier alpha value is -1.96. The molecule has 0 aliphatic carbocycles. The van der Waals surface area contributed by atoms with Gasteiger partial charge in [-0.1, -0.05) is 5.21 Å². The smallest absolute Gasteiger partial charge is 0.358 e. The van der Waals surface area contributed by atoms with Crippen LogP contribution in [0.15, 0.2) is 6.20 Å². The van der Waals surface area contributed by atoms with Crippen molar-refractivity contribution < 1.29 is 14.7 Å². The van der Waals surface area contributed by atoms with E-state index in [1.54, 1.807) is 0 Å². The fourth-order valence-corrected chi connectivity index (χ4v) is 2.15. The van der Waals surface area contributed by atoms with Gasteiger partial charge in [0.1, 0.15) is 0 Å². The van der Waals surface area contributed by atoms with Crippen LogP contribution < -0.4 is 5.73 Å². The third-order valence-corrected chi connectivity index (χ3v) is 3.07. The van der Waals surface area contributed by atoms with Crippen molar-refractivity contribution in [2.24, 2.45) is 5.73 Å². The number of likely N-dealkylation sites (tertiary alicyclic amines) is 1. The summed E-state index contributed by atoms with van der Waals surface area (Å²) in [6.45, 7) is 1.92. The summed E-state index contributed by atoms with van der Waals surface area (Å²) in [7, 11) is 0. The molecule has 18 heavy (non-hydrogen) atoms. The largest absolute Gasteiger partial charge is 0.476 e. The molecule has 1 saturated heterocycles. The van der Waals surface area contributed by atoms with Crippen molar-refractivity contribution in [1.29, 1.82) is 0 Å². The Balaban J connectivity index is 1.90. The number of hydrogen-bond donors (Lipinski definition) is 2. The molecule has 0 saturated carbocycles. The first-order chi connectivity index (χ1) is 8.58. The molecular formula is C10H15N5O3. The number of carboxylic acids is 1. The zero-order chi connectivity index (χ0) is 13.1. The SMILES string of the molecule is NC(=O)C1CCCN1CCn1cc(C(=O)O)nn1. The van der Waals surface area contributed by atoms with E-state index >= 15 is 0 Å². The molecule has 1 aromatic rings. The number of amides is 1. The van der Waals surface area contributed by atoms with Gasteiger partial charge in [-0.15, -0.1) is 5.10 Å². The van der Waals surface area contributed by atoms with Gasteiger partial charge in [0.05, 0.1) is 18.8 Å². The van der Waals surface area contributed by atoms with Gasteiger partial charge in [0.25, 0.3) is 0 Å². The predicted molar refractivity (Wildman–Crippen MR) is 60.8 cm³/mol. The van der Waals surface area contributed by atoms with Crippen molar-refractivity contribution in [2.45, 2.75) is 25.4 Å². The second-order valence-electron chi connectivity index (χ2n) is 4.27. The number of nitrogens with zero attached hydrogens (tertiary/aromatic N) is 4. The molecule has 0 spiro atoms. The number of nitrogens with two attached hydrogens (primary N) is 1. The third kappa shape index (κ3) is 2.65. The van der Waals surface area contributed by atoms with Crippen molar-refractivity contribution in [3.05, 3.63) is 11.9 Å². The van der Waals surface area contributed by atoms with Gasteiger partial charge in [0, 0.05) is 6.54 Å². The summed E-state index contributed by atoms with van der Waals surface area (Å²) in [5, 5.41) is 15.9. The lowest BCUT2D eigenvalue weighted by Crippen LogP contribution is -2.41. The molecule has 1 aromatic heterocycles. The van der Waals surface area contributed by atoms with Gasteiger partial charge in [-0.3, -0.25) is 14.4 Å². The Morgan fingerprint density at radius 2 is 2.28 bits per heavy atom. The van der Waals surface area contributed by atoms with Crippen LogP contribution in [0, 0.1) is 0 Å².